The Morgan fingerprint density at radius 3 is 2.35 bits per heavy atom. The molecule has 1 amide bonds. The summed E-state index contributed by atoms with van der Waals surface area (Å²) in [5.41, 5.74) is 2.80. The van der Waals surface area contributed by atoms with Crippen LogP contribution >= 0.6 is 11.6 Å². The van der Waals surface area contributed by atoms with Crippen molar-refractivity contribution in [2.24, 2.45) is 0 Å². The van der Waals surface area contributed by atoms with Crippen molar-refractivity contribution >= 4 is 23.3 Å². The van der Waals surface area contributed by atoms with Crippen molar-refractivity contribution in [3.63, 3.8) is 0 Å². The van der Waals surface area contributed by atoms with E-state index in [1.165, 1.54) is 0 Å². The second-order valence-corrected chi connectivity index (χ2v) is 6.01. The Hall–Kier alpha value is -2.13. The minimum absolute atomic E-state index is 0.0552. The summed E-state index contributed by atoms with van der Waals surface area (Å²) in [5.74, 6) is -0.177. The second kappa shape index (κ2) is 7.93. The fraction of sp³-hybridized carbons (Fsp3) is 0.263. The Morgan fingerprint density at radius 2 is 1.70 bits per heavy atom. The number of hydrogen-bond acceptors (Lipinski definition) is 2. The molecule has 2 rings (SSSR count). The summed E-state index contributed by atoms with van der Waals surface area (Å²) >= 11 is 5.80. The molecule has 0 heterocycles. The monoisotopic (exact) mass is 329 g/mol. The summed E-state index contributed by atoms with van der Waals surface area (Å²) in [7, 11) is 0. The van der Waals surface area contributed by atoms with Crippen molar-refractivity contribution in [2.45, 2.75) is 32.7 Å². The van der Waals surface area contributed by atoms with Crippen LogP contribution in [0.4, 0.5) is 0 Å². The molecule has 1 atom stereocenters. The molecule has 0 radical (unpaired) electrons. The molecule has 0 saturated carbocycles. The minimum Gasteiger partial charge on any atom is -0.350 e. The Labute approximate surface area is 141 Å². The van der Waals surface area contributed by atoms with Crippen LogP contribution in [0, 0.1) is 6.92 Å². The topological polar surface area (TPSA) is 46.2 Å². The van der Waals surface area contributed by atoms with Crippen LogP contribution in [-0.4, -0.2) is 11.7 Å². The Kier molecular flexibility index (Phi) is 5.94. The van der Waals surface area contributed by atoms with Crippen LogP contribution in [0.25, 0.3) is 0 Å². The van der Waals surface area contributed by atoms with Gasteiger partial charge in [-0.25, -0.2) is 0 Å². The third-order valence-corrected chi connectivity index (χ3v) is 4.03. The molecule has 120 valence electrons. The highest BCUT2D eigenvalue weighted by atomic mass is 35.5. The van der Waals surface area contributed by atoms with E-state index in [1.54, 1.807) is 24.3 Å². The first-order chi connectivity index (χ1) is 11.0. The largest absolute Gasteiger partial charge is 0.350 e. The third kappa shape index (κ3) is 4.93. The van der Waals surface area contributed by atoms with Crippen molar-refractivity contribution in [2.75, 3.05) is 0 Å². The summed E-state index contributed by atoms with van der Waals surface area (Å²) in [6.07, 6.45) is 0.367. The van der Waals surface area contributed by atoms with Gasteiger partial charge in [0.1, 0.15) is 0 Å². The van der Waals surface area contributed by atoms with Crippen LogP contribution in [0.15, 0.2) is 48.5 Å². The SMILES string of the molecule is Cc1ccccc1C(C)NC(=O)CCC(=O)c1ccc(Cl)cc1. The molecule has 4 heteroatoms. The molecule has 1 unspecified atom stereocenters. The number of rotatable bonds is 6. The molecule has 0 aliphatic rings. The third-order valence-electron chi connectivity index (χ3n) is 3.78. The number of benzene rings is 2. The predicted octanol–water partition coefficient (Wildman–Crippen LogP) is 4.49. The molecule has 0 fully saturated rings. The molecule has 0 spiro atoms. The highest BCUT2D eigenvalue weighted by Gasteiger charge is 2.13. The van der Waals surface area contributed by atoms with E-state index in [2.05, 4.69) is 5.32 Å². The maximum absolute atomic E-state index is 12.0. The van der Waals surface area contributed by atoms with Gasteiger partial charge in [-0.3, -0.25) is 9.59 Å². The zero-order valence-corrected chi connectivity index (χ0v) is 14.1. The molecule has 0 aliphatic carbocycles. The predicted molar refractivity (Wildman–Crippen MR) is 92.8 cm³/mol. The Balaban J connectivity index is 1.86. The van der Waals surface area contributed by atoms with Crippen LogP contribution in [0.2, 0.25) is 5.02 Å². The lowest BCUT2D eigenvalue weighted by Crippen LogP contribution is -2.27. The van der Waals surface area contributed by atoms with Crippen molar-refractivity contribution < 1.29 is 9.59 Å². The molecule has 0 saturated heterocycles. The van der Waals surface area contributed by atoms with Crippen molar-refractivity contribution in [1.29, 1.82) is 0 Å². The molecule has 0 bridgehead atoms. The van der Waals surface area contributed by atoms with Gasteiger partial charge in [-0.15, -0.1) is 0 Å². The number of halogens is 1. The summed E-state index contributed by atoms with van der Waals surface area (Å²) in [4.78, 5) is 24.1. The summed E-state index contributed by atoms with van der Waals surface area (Å²) in [6.45, 7) is 3.96. The summed E-state index contributed by atoms with van der Waals surface area (Å²) in [5, 5.41) is 3.53. The van der Waals surface area contributed by atoms with Gasteiger partial charge in [0.15, 0.2) is 5.78 Å². The minimum atomic E-state index is -0.122. The molecule has 2 aromatic carbocycles. The number of amides is 1. The van der Waals surface area contributed by atoms with E-state index in [1.807, 2.05) is 38.1 Å². The van der Waals surface area contributed by atoms with Gasteiger partial charge < -0.3 is 5.32 Å². The number of nitrogens with one attached hydrogen (secondary N) is 1. The second-order valence-electron chi connectivity index (χ2n) is 5.58. The fourth-order valence-electron chi connectivity index (χ4n) is 2.47. The van der Waals surface area contributed by atoms with Gasteiger partial charge in [-0.2, -0.15) is 0 Å². The lowest BCUT2D eigenvalue weighted by molar-refractivity contribution is -0.121. The van der Waals surface area contributed by atoms with E-state index in [9.17, 15) is 9.59 Å². The maximum Gasteiger partial charge on any atom is 0.220 e. The molecule has 0 aromatic heterocycles. The summed E-state index contributed by atoms with van der Waals surface area (Å²) in [6, 6.07) is 14.6. The van der Waals surface area contributed by atoms with Gasteiger partial charge in [-0.05, 0) is 49.2 Å². The van der Waals surface area contributed by atoms with Gasteiger partial charge in [0.25, 0.3) is 0 Å². The Morgan fingerprint density at radius 1 is 1.04 bits per heavy atom. The van der Waals surface area contributed by atoms with Gasteiger partial charge in [0.05, 0.1) is 6.04 Å². The first kappa shape index (κ1) is 17.2. The van der Waals surface area contributed by atoms with E-state index in [0.29, 0.717) is 10.6 Å². The first-order valence-electron chi connectivity index (χ1n) is 7.61. The Bertz CT molecular complexity index is 695. The lowest BCUT2D eigenvalue weighted by Gasteiger charge is -2.16. The smallest absolute Gasteiger partial charge is 0.220 e. The van der Waals surface area contributed by atoms with Crippen LogP contribution in [0.5, 0.6) is 0 Å². The van der Waals surface area contributed by atoms with Crippen molar-refractivity contribution in [3.05, 3.63) is 70.2 Å². The average Bonchev–Trinajstić information content (AvgIpc) is 2.53. The normalized spacial score (nSPS) is 11.8. The molecular weight excluding hydrogens is 310 g/mol. The molecule has 1 N–H and O–H groups in total. The molecule has 0 aliphatic heterocycles. The zero-order valence-electron chi connectivity index (χ0n) is 13.3. The standard InChI is InChI=1S/C19H20ClNO2/c1-13-5-3-4-6-17(13)14(2)21-19(23)12-11-18(22)15-7-9-16(20)10-8-15/h3-10,14H,11-12H2,1-2H3,(H,21,23). The van der Waals surface area contributed by atoms with E-state index in [4.69, 9.17) is 11.6 Å². The molecular formula is C19H20ClNO2. The molecule has 2 aromatic rings. The van der Waals surface area contributed by atoms with E-state index < -0.39 is 0 Å². The average molecular weight is 330 g/mol. The number of hydrogen-bond donors (Lipinski definition) is 1. The van der Waals surface area contributed by atoms with Crippen LogP contribution in [-0.2, 0) is 4.79 Å². The highest BCUT2D eigenvalue weighted by Crippen LogP contribution is 2.17. The van der Waals surface area contributed by atoms with Crippen LogP contribution in [0.1, 0.15) is 47.3 Å². The van der Waals surface area contributed by atoms with Gasteiger partial charge >= 0.3 is 0 Å². The fourth-order valence-corrected chi connectivity index (χ4v) is 2.60. The van der Waals surface area contributed by atoms with Crippen molar-refractivity contribution in [1.82, 2.24) is 5.32 Å². The van der Waals surface area contributed by atoms with Gasteiger partial charge in [0, 0.05) is 23.4 Å². The number of ketones is 1. The van der Waals surface area contributed by atoms with Crippen molar-refractivity contribution in [3.8, 4) is 0 Å². The number of carbonyl (C=O) groups is 2. The van der Waals surface area contributed by atoms with Crippen LogP contribution < -0.4 is 5.32 Å². The van der Waals surface area contributed by atoms with E-state index in [-0.39, 0.29) is 30.6 Å². The maximum atomic E-state index is 12.0. The highest BCUT2D eigenvalue weighted by molar-refractivity contribution is 6.30. The van der Waals surface area contributed by atoms with Gasteiger partial charge in [-0.1, -0.05) is 35.9 Å². The number of Topliss-reactive ketones (excluding diaryl/α,β-unsaturated/α-hetero) is 1. The van der Waals surface area contributed by atoms with E-state index in [0.717, 1.165) is 11.1 Å². The van der Waals surface area contributed by atoms with Gasteiger partial charge in [0.2, 0.25) is 5.91 Å². The quantitative estimate of drug-likeness (QED) is 0.794. The number of aryl methyl sites for hydroxylation is 1. The molecule has 3 nitrogen and oxygen atoms in total. The van der Waals surface area contributed by atoms with E-state index >= 15 is 0 Å². The first-order valence-corrected chi connectivity index (χ1v) is 7.99. The zero-order chi connectivity index (χ0) is 16.8. The molecule has 23 heavy (non-hydrogen) atoms. The van der Waals surface area contributed by atoms with Crippen LogP contribution in [0.3, 0.4) is 0 Å². The lowest BCUT2D eigenvalue weighted by atomic mass is 10.0. The number of carbonyl (C=O) groups excluding carboxylic acids is 2. The summed E-state index contributed by atoms with van der Waals surface area (Å²) < 4.78 is 0.